The summed E-state index contributed by atoms with van der Waals surface area (Å²) in [5, 5.41) is 13.8. The number of aryl methyl sites for hydroxylation is 2. The molecule has 100 valence electrons. The van der Waals surface area contributed by atoms with Crippen molar-refractivity contribution >= 4 is 32.6 Å². The first-order valence-electron chi connectivity index (χ1n) is 6.90. The fraction of sp³-hybridized carbons (Fsp3) is 0.111. The molecule has 4 rings (SSSR count). The van der Waals surface area contributed by atoms with Gasteiger partial charge in [0.1, 0.15) is 11.8 Å². The molecule has 21 heavy (non-hydrogen) atoms. The topological polar surface area (TPSA) is 52.5 Å². The third-order valence-corrected chi connectivity index (χ3v) is 4.29. The van der Waals surface area contributed by atoms with E-state index < -0.39 is 0 Å². The lowest BCUT2D eigenvalue weighted by Gasteiger charge is -2.09. The summed E-state index contributed by atoms with van der Waals surface area (Å²) in [5.41, 5.74) is 5.06. The number of hydrogen-bond acceptors (Lipinski definition) is 2. The van der Waals surface area contributed by atoms with Crippen molar-refractivity contribution in [3.05, 3.63) is 53.3 Å². The molecule has 0 radical (unpaired) electrons. The lowest BCUT2D eigenvalue weighted by molar-refractivity contribution is 1.29. The normalized spacial score (nSPS) is 11.3. The number of hydrogen-bond donors (Lipinski definition) is 1. The molecule has 4 aromatic rings. The number of aromatic nitrogens is 2. The van der Waals surface area contributed by atoms with Gasteiger partial charge in [0.05, 0.1) is 5.52 Å². The molecular formula is C18H13N3. The monoisotopic (exact) mass is 271 g/mol. The van der Waals surface area contributed by atoms with Crippen molar-refractivity contribution in [3.63, 3.8) is 0 Å². The molecule has 0 bridgehead atoms. The summed E-state index contributed by atoms with van der Waals surface area (Å²) >= 11 is 0. The number of pyridine rings is 1. The highest BCUT2D eigenvalue weighted by molar-refractivity contribution is 6.16. The molecule has 2 aromatic heterocycles. The van der Waals surface area contributed by atoms with Gasteiger partial charge in [-0.1, -0.05) is 18.2 Å². The number of fused-ring (bicyclic) bond motifs is 4. The van der Waals surface area contributed by atoms with Gasteiger partial charge in [0.25, 0.3) is 0 Å². The number of nitrogens with zero attached hydrogens (tertiary/aromatic N) is 2. The van der Waals surface area contributed by atoms with E-state index in [0.717, 1.165) is 27.4 Å². The zero-order valence-electron chi connectivity index (χ0n) is 11.9. The van der Waals surface area contributed by atoms with E-state index in [0.29, 0.717) is 5.69 Å². The maximum atomic E-state index is 9.37. The summed E-state index contributed by atoms with van der Waals surface area (Å²) in [6.45, 7) is 4.17. The molecule has 3 nitrogen and oxygen atoms in total. The molecular weight excluding hydrogens is 258 g/mol. The van der Waals surface area contributed by atoms with Crippen molar-refractivity contribution in [1.29, 1.82) is 5.26 Å². The Balaban J connectivity index is 2.40. The summed E-state index contributed by atoms with van der Waals surface area (Å²) in [4.78, 5) is 7.74. The van der Waals surface area contributed by atoms with Crippen LogP contribution in [0.3, 0.4) is 0 Å². The number of H-pyrrole nitrogens is 1. The molecule has 0 saturated heterocycles. The fourth-order valence-electron chi connectivity index (χ4n) is 3.31. The van der Waals surface area contributed by atoms with Crippen LogP contribution in [-0.4, -0.2) is 9.97 Å². The quantitative estimate of drug-likeness (QED) is 0.516. The number of rotatable bonds is 0. The van der Waals surface area contributed by atoms with Gasteiger partial charge in [-0.2, -0.15) is 5.26 Å². The Morgan fingerprint density at radius 3 is 2.62 bits per heavy atom. The van der Waals surface area contributed by atoms with Crippen molar-refractivity contribution < 1.29 is 0 Å². The van der Waals surface area contributed by atoms with Gasteiger partial charge in [0, 0.05) is 27.9 Å². The summed E-state index contributed by atoms with van der Waals surface area (Å²) in [6.07, 6.45) is 1.71. The van der Waals surface area contributed by atoms with Crippen LogP contribution in [-0.2, 0) is 0 Å². The van der Waals surface area contributed by atoms with E-state index >= 15 is 0 Å². The number of benzene rings is 2. The molecule has 0 aliphatic heterocycles. The minimum Gasteiger partial charge on any atom is -0.354 e. The molecule has 0 aliphatic rings. The Kier molecular flexibility index (Phi) is 2.31. The molecule has 0 unspecified atom stereocenters. The van der Waals surface area contributed by atoms with Gasteiger partial charge in [-0.3, -0.25) is 0 Å². The second kappa shape index (κ2) is 4.07. The van der Waals surface area contributed by atoms with Crippen LogP contribution in [0.15, 0.2) is 36.5 Å². The molecule has 2 heterocycles. The van der Waals surface area contributed by atoms with Crippen molar-refractivity contribution in [2.45, 2.75) is 13.8 Å². The van der Waals surface area contributed by atoms with Gasteiger partial charge in [-0.15, -0.1) is 0 Å². The summed E-state index contributed by atoms with van der Waals surface area (Å²) < 4.78 is 0. The highest BCUT2D eigenvalue weighted by atomic mass is 14.7. The Morgan fingerprint density at radius 2 is 1.81 bits per heavy atom. The van der Waals surface area contributed by atoms with Crippen molar-refractivity contribution in [2.75, 3.05) is 0 Å². The van der Waals surface area contributed by atoms with Crippen LogP contribution in [0.25, 0.3) is 32.6 Å². The van der Waals surface area contributed by atoms with Crippen LogP contribution < -0.4 is 0 Å². The third kappa shape index (κ3) is 1.45. The summed E-state index contributed by atoms with van der Waals surface area (Å²) in [7, 11) is 0. The zero-order valence-corrected chi connectivity index (χ0v) is 11.9. The number of para-hydroxylation sites is 1. The Bertz CT molecular complexity index is 1060. The molecule has 2 aromatic carbocycles. The Morgan fingerprint density at radius 1 is 1.00 bits per heavy atom. The van der Waals surface area contributed by atoms with Crippen molar-refractivity contribution in [2.24, 2.45) is 0 Å². The van der Waals surface area contributed by atoms with E-state index in [-0.39, 0.29) is 0 Å². The van der Waals surface area contributed by atoms with Gasteiger partial charge in [-0.05, 0) is 42.5 Å². The number of aromatic amines is 1. The van der Waals surface area contributed by atoms with E-state index in [1.807, 2.05) is 18.2 Å². The lowest BCUT2D eigenvalue weighted by Crippen LogP contribution is -1.92. The van der Waals surface area contributed by atoms with Crippen LogP contribution in [0.5, 0.6) is 0 Å². The second-order valence-corrected chi connectivity index (χ2v) is 5.36. The second-order valence-electron chi connectivity index (χ2n) is 5.36. The standard InChI is InChI=1S/C18H13N3/c1-10-12-7-8-20-15(9-19)16(12)11(2)17-13-5-3-4-6-14(13)21-18(10)17/h3-8,21H,1-2H3. The SMILES string of the molecule is Cc1c2ccnc(C#N)c2c(C)c2c1[nH]c1ccccc12. The molecule has 3 heteroatoms. The molecule has 0 atom stereocenters. The van der Waals surface area contributed by atoms with Gasteiger partial charge >= 0.3 is 0 Å². The Labute approximate surface area is 121 Å². The first-order chi connectivity index (χ1) is 10.2. The molecule has 0 amide bonds. The van der Waals surface area contributed by atoms with Crippen LogP contribution in [0.4, 0.5) is 0 Å². The molecule has 0 fully saturated rings. The van der Waals surface area contributed by atoms with Crippen LogP contribution in [0, 0.1) is 25.2 Å². The average molecular weight is 271 g/mol. The highest BCUT2D eigenvalue weighted by Gasteiger charge is 2.16. The highest BCUT2D eigenvalue weighted by Crippen LogP contribution is 2.36. The minimum absolute atomic E-state index is 0.500. The first kappa shape index (κ1) is 11.9. The lowest BCUT2D eigenvalue weighted by atomic mass is 9.95. The van der Waals surface area contributed by atoms with Crippen LogP contribution in [0.2, 0.25) is 0 Å². The zero-order chi connectivity index (χ0) is 14.6. The van der Waals surface area contributed by atoms with Gasteiger partial charge < -0.3 is 4.98 Å². The van der Waals surface area contributed by atoms with Gasteiger partial charge in [0.2, 0.25) is 0 Å². The Hall–Kier alpha value is -2.86. The van der Waals surface area contributed by atoms with E-state index in [1.54, 1.807) is 6.20 Å². The van der Waals surface area contributed by atoms with E-state index in [2.05, 4.69) is 42.0 Å². The minimum atomic E-state index is 0.500. The van der Waals surface area contributed by atoms with Crippen LogP contribution >= 0.6 is 0 Å². The van der Waals surface area contributed by atoms with E-state index in [4.69, 9.17) is 0 Å². The van der Waals surface area contributed by atoms with Crippen molar-refractivity contribution in [1.82, 2.24) is 9.97 Å². The third-order valence-electron chi connectivity index (χ3n) is 4.29. The largest absolute Gasteiger partial charge is 0.354 e. The average Bonchev–Trinajstić information content (AvgIpc) is 2.91. The first-order valence-corrected chi connectivity index (χ1v) is 6.90. The predicted molar refractivity (Wildman–Crippen MR) is 85.3 cm³/mol. The molecule has 0 spiro atoms. The molecule has 1 N–H and O–H groups in total. The summed E-state index contributed by atoms with van der Waals surface area (Å²) in [5.74, 6) is 0. The molecule has 0 aliphatic carbocycles. The smallest absolute Gasteiger partial charge is 0.148 e. The van der Waals surface area contributed by atoms with Gasteiger partial charge in [-0.25, -0.2) is 4.98 Å². The number of nitrogens with one attached hydrogen (secondary N) is 1. The maximum Gasteiger partial charge on any atom is 0.148 e. The fourth-order valence-corrected chi connectivity index (χ4v) is 3.31. The molecule has 0 saturated carbocycles. The van der Waals surface area contributed by atoms with E-state index in [1.165, 1.54) is 16.3 Å². The predicted octanol–water partition coefficient (Wildman–Crippen LogP) is 4.36. The van der Waals surface area contributed by atoms with E-state index in [9.17, 15) is 5.26 Å². The van der Waals surface area contributed by atoms with Crippen LogP contribution in [0.1, 0.15) is 16.8 Å². The van der Waals surface area contributed by atoms with Crippen molar-refractivity contribution in [3.8, 4) is 6.07 Å². The van der Waals surface area contributed by atoms with Gasteiger partial charge in [0.15, 0.2) is 0 Å². The number of nitriles is 1. The maximum absolute atomic E-state index is 9.37. The summed E-state index contributed by atoms with van der Waals surface area (Å²) in [6, 6.07) is 12.5.